The number of hydrogen-bond donors (Lipinski definition) is 2. The Morgan fingerprint density at radius 2 is 1.83 bits per heavy atom. The minimum atomic E-state index is -3.52. The summed E-state index contributed by atoms with van der Waals surface area (Å²) in [6.45, 7) is 2.01. The molecule has 0 fully saturated rings. The number of carbonyl (C=O) groups is 1. The molecular weight excluding hydrogens is 346 g/mol. The average Bonchev–Trinajstić information content (AvgIpc) is 2.97. The lowest BCUT2D eigenvalue weighted by Crippen LogP contribution is -2.23. The van der Waals surface area contributed by atoms with E-state index in [0.29, 0.717) is 17.2 Å². The van der Waals surface area contributed by atoms with E-state index >= 15 is 0 Å². The number of amides is 1. The number of nitrogens with one attached hydrogen (secondary N) is 2. The monoisotopic (exact) mass is 361 g/mol. The van der Waals surface area contributed by atoms with Gasteiger partial charge < -0.3 is 0 Å². The number of thiazole rings is 1. The third-order valence-corrected chi connectivity index (χ3v) is 5.79. The fraction of sp³-hybridized carbons (Fsp3) is 0.125. The molecule has 2 aromatic carbocycles. The lowest BCUT2D eigenvalue weighted by molar-refractivity contribution is 0.102. The van der Waals surface area contributed by atoms with Crippen molar-refractivity contribution < 1.29 is 13.2 Å². The van der Waals surface area contributed by atoms with E-state index in [2.05, 4.69) is 15.0 Å². The molecule has 2 N–H and O–H groups in total. The van der Waals surface area contributed by atoms with Crippen LogP contribution in [0.1, 0.15) is 17.3 Å². The molecule has 3 rings (SSSR count). The van der Waals surface area contributed by atoms with E-state index < -0.39 is 10.0 Å². The zero-order valence-electron chi connectivity index (χ0n) is 12.8. The van der Waals surface area contributed by atoms with Crippen LogP contribution in [0.2, 0.25) is 0 Å². The quantitative estimate of drug-likeness (QED) is 0.731. The molecule has 3 aromatic rings. The highest BCUT2D eigenvalue weighted by Gasteiger charge is 2.14. The van der Waals surface area contributed by atoms with Crippen LogP contribution in [0.15, 0.2) is 53.4 Å². The van der Waals surface area contributed by atoms with Gasteiger partial charge in [-0.2, -0.15) is 0 Å². The Balaban J connectivity index is 1.77. The third-order valence-electron chi connectivity index (χ3n) is 3.28. The van der Waals surface area contributed by atoms with Gasteiger partial charge in [0.1, 0.15) is 0 Å². The Labute approximate surface area is 143 Å². The first-order valence-electron chi connectivity index (χ1n) is 7.26. The second-order valence-electron chi connectivity index (χ2n) is 4.97. The van der Waals surface area contributed by atoms with Crippen LogP contribution < -0.4 is 10.0 Å². The summed E-state index contributed by atoms with van der Waals surface area (Å²) in [4.78, 5) is 16.7. The highest BCUT2D eigenvalue weighted by molar-refractivity contribution is 7.89. The first kappa shape index (κ1) is 16.6. The van der Waals surface area contributed by atoms with Crippen molar-refractivity contribution in [1.29, 1.82) is 0 Å². The van der Waals surface area contributed by atoms with Crippen molar-refractivity contribution >= 4 is 42.6 Å². The minimum absolute atomic E-state index is 0.126. The second kappa shape index (κ2) is 6.68. The van der Waals surface area contributed by atoms with E-state index in [1.807, 2.05) is 24.3 Å². The highest BCUT2D eigenvalue weighted by Crippen LogP contribution is 2.25. The van der Waals surface area contributed by atoms with E-state index in [1.54, 1.807) is 6.92 Å². The molecule has 6 nitrogen and oxygen atoms in total. The number of hydrogen-bond acceptors (Lipinski definition) is 5. The molecular formula is C16H15N3O3S2. The van der Waals surface area contributed by atoms with Gasteiger partial charge in [0.15, 0.2) is 5.13 Å². The number of benzene rings is 2. The first-order chi connectivity index (χ1) is 11.5. The number of para-hydroxylation sites is 1. The van der Waals surface area contributed by atoms with Gasteiger partial charge in [0.05, 0.1) is 15.1 Å². The van der Waals surface area contributed by atoms with Gasteiger partial charge in [-0.05, 0) is 36.4 Å². The summed E-state index contributed by atoms with van der Waals surface area (Å²) >= 11 is 1.39. The molecule has 24 heavy (non-hydrogen) atoms. The van der Waals surface area contributed by atoms with Crippen molar-refractivity contribution in [2.45, 2.75) is 11.8 Å². The molecule has 0 aliphatic heterocycles. The molecule has 124 valence electrons. The van der Waals surface area contributed by atoms with Gasteiger partial charge in [-0.1, -0.05) is 30.4 Å². The van der Waals surface area contributed by atoms with Crippen molar-refractivity contribution in [3.63, 3.8) is 0 Å². The Hall–Kier alpha value is -2.29. The molecule has 0 unspecified atom stereocenters. The number of carbonyl (C=O) groups excluding carboxylic acids is 1. The summed E-state index contributed by atoms with van der Waals surface area (Å²) < 4.78 is 27.2. The van der Waals surface area contributed by atoms with Crippen LogP contribution in [0, 0.1) is 0 Å². The molecule has 0 spiro atoms. The fourth-order valence-electron chi connectivity index (χ4n) is 2.15. The standard InChI is InChI=1S/C16H15N3O3S2/c1-2-17-24(21,22)12-9-7-11(8-10-12)15(20)19-16-18-13-5-3-4-6-14(13)23-16/h3-10,17H,2H2,1H3,(H,18,19,20). The Morgan fingerprint density at radius 3 is 2.50 bits per heavy atom. The van der Waals surface area contributed by atoms with Crippen molar-refractivity contribution in [1.82, 2.24) is 9.71 Å². The number of rotatable bonds is 5. The molecule has 0 bridgehead atoms. The van der Waals surface area contributed by atoms with Gasteiger partial charge in [0.25, 0.3) is 5.91 Å². The topological polar surface area (TPSA) is 88.2 Å². The summed E-state index contributed by atoms with van der Waals surface area (Å²) in [6, 6.07) is 13.4. The van der Waals surface area contributed by atoms with Crippen molar-refractivity contribution in [2.75, 3.05) is 11.9 Å². The Bertz CT molecular complexity index is 946. The molecule has 1 amide bonds. The van der Waals surface area contributed by atoms with Gasteiger partial charge in [0, 0.05) is 12.1 Å². The number of nitrogens with zero attached hydrogens (tertiary/aromatic N) is 1. The minimum Gasteiger partial charge on any atom is -0.298 e. The van der Waals surface area contributed by atoms with Crippen LogP contribution in [-0.2, 0) is 10.0 Å². The summed E-state index contributed by atoms with van der Waals surface area (Å²) in [5, 5.41) is 3.24. The Morgan fingerprint density at radius 1 is 1.12 bits per heavy atom. The van der Waals surface area contributed by atoms with E-state index in [0.717, 1.165) is 10.2 Å². The highest BCUT2D eigenvalue weighted by atomic mass is 32.2. The van der Waals surface area contributed by atoms with Crippen LogP contribution in [0.5, 0.6) is 0 Å². The molecule has 0 aliphatic carbocycles. The van der Waals surface area contributed by atoms with Crippen LogP contribution in [0.4, 0.5) is 5.13 Å². The van der Waals surface area contributed by atoms with E-state index in [9.17, 15) is 13.2 Å². The predicted molar refractivity (Wildman–Crippen MR) is 94.9 cm³/mol. The third kappa shape index (κ3) is 3.45. The van der Waals surface area contributed by atoms with Crippen molar-refractivity contribution in [2.24, 2.45) is 0 Å². The normalized spacial score (nSPS) is 11.5. The van der Waals surface area contributed by atoms with Crippen molar-refractivity contribution in [3.05, 3.63) is 54.1 Å². The van der Waals surface area contributed by atoms with Gasteiger partial charge in [-0.25, -0.2) is 18.1 Å². The predicted octanol–water partition coefficient (Wildman–Crippen LogP) is 2.85. The lowest BCUT2D eigenvalue weighted by atomic mass is 10.2. The number of sulfonamides is 1. The maximum absolute atomic E-state index is 12.3. The lowest BCUT2D eigenvalue weighted by Gasteiger charge is -2.06. The van der Waals surface area contributed by atoms with Gasteiger partial charge in [-0.15, -0.1) is 0 Å². The molecule has 8 heteroatoms. The molecule has 1 aromatic heterocycles. The number of fused-ring (bicyclic) bond motifs is 1. The molecule has 0 aliphatic rings. The number of aromatic nitrogens is 1. The first-order valence-corrected chi connectivity index (χ1v) is 9.56. The molecule has 1 heterocycles. The maximum atomic E-state index is 12.3. The maximum Gasteiger partial charge on any atom is 0.257 e. The summed E-state index contributed by atoms with van der Waals surface area (Å²) in [7, 11) is -3.52. The van der Waals surface area contributed by atoms with Crippen LogP contribution in [0.25, 0.3) is 10.2 Å². The zero-order valence-corrected chi connectivity index (χ0v) is 14.4. The van der Waals surface area contributed by atoms with E-state index in [1.165, 1.54) is 35.6 Å². The molecule has 0 saturated heterocycles. The van der Waals surface area contributed by atoms with Gasteiger partial charge in [-0.3, -0.25) is 10.1 Å². The fourth-order valence-corrected chi connectivity index (χ4v) is 4.06. The van der Waals surface area contributed by atoms with Crippen LogP contribution in [0.3, 0.4) is 0 Å². The SMILES string of the molecule is CCNS(=O)(=O)c1ccc(C(=O)Nc2nc3ccccc3s2)cc1. The van der Waals surface area contributed by atoms with Crippen LogP contribution in [-0.4, -0.2) is 25.9 Å². The van der Waals surface area contributed by atoms with Crippen molar-refractivity contribution in [3.8, 4) is 0 Å². The number of anilines is 1. The Kier molecular flexibility index (Phi) is 4.61. The van der Waals surface area contributed by atoms with Gasteiger partial charge in [0.2, 0.25) is 10.0 Å². The van der Waals surface area contributed by atoms with Crippen LogP contribution >= 0.6 is 11.3 Å². The smallest absolute Gasteiger partial charge is 0.257 e. The average molecular weight is 361 g/mol. The molecule has 0 atom stereocenters. The van der Waals surface area contributed by atoms with E-state index in [-0.39, 0.29) is 10.8 Å². The largest absolute Gasteiger partial charge is 0.298 e. The summed E-state index contributed by atoms with van der Waals surface area (Å²) in [5.74, 6) is -0.332. The second-order valence-corrected chi connectivity index (χ2v) is 7.76. The van der Waals surface area contributed by atoms with E-state index in [4.69, 9.17) is 0 Å². The molecule has 0 saturated carbocycles. The summed E-state index contributed by atoms with van der Waals surface area (Å²) in [5.41, 5.74) is 1.19. The molecule has 0 radical (unpaired) electrons. The zero-order chi connectivity index (χ0) is 17.2. The summed E-state index contributed by atoms with van der Waals surface area (Å²) in [6.07, 6.45) is 0. The van der Waals surface area contributed by atoms with Gasteiger partial charge >= 0.3 is 0 Å².